The number of halogens is 3. The average molecular weight is 215 g/mol. The maximum Gasteiger partial charge on any atom is 0.401 e. The minimum Gasteiger partial charge on any atom is -0.395 e. The third-order valence-corrected chi connectivity index (χ3v) is 1.88. The molecule has 86 valence electrons. The molecule has 2 N–H and O–H groups in total. The Bertz CT molecular complexity index is 152. The molecule has 6 heteroatoms. The van der Waals surface area contributed by atoms with E-state index in [0.717, 1.165) is 0 Å². The van der Waals surface area contributed by atoms with E-state index in [4.69, 9.17) is 9.84 Å². The summed E-state index contributed by atoms with van der Waals surface area (Å²) in [5.41, 5.74) is 0. The van der Waals surface area contributed by atoms with E-state index >= 15 is 0 Å². The second-order valence-corrected chi connectivity index (χ2v) is 3.22. The molecule has 0 aliphatic heterocycles. The molecule has 0 aromatic carbocycles. The van der Waals surface area contributed by atoms with E-state index in [-0.39, 0.29) is 12.5 Å². The Labute approximate surface area is 81.2 Å². The summed E-state index contributed by atoms with van der Waals surface area (Å²) in [6.45, 7) is 0.608. The van der Waals surface area contributed by atoms with E-state index in [9.17, 15) is 13.2 Å². The van der Waals surface area contributed by atoms with E-state index in [0.29, 0.717) is 6.61 Å². The van der Waals surface area contributed by atoms with Crippen molar-refractivity contribution in [2.45, 2.75) is 19.1 Å². The van der Waals surface area contributed by atoms with E-state index in [1.807, 2.05) is 0 Å². The molecule has 0 bridgehead atoms. The van der Waals surface area contributed by atoms with Crippen molar-refractivity contribution < 1.29 is 23.0 Å². The largest absolute Gasteiger partial charge is 0.401 e. The lowest BCUT2D eigenvalue weighted by molar-refractivity contribution is -0.127. The predicted molar refractivity (Wildman–Crippen MR) is 46.0 cm³/mol. The fraction of sp³-hybridized carbons (Fsp3) is 1.00. The number of hydrogen-bond donors (Lipinski definition) is 2. The maximum absolute atomic E-state index is 11.8. The van der Waals surface area contributed by atoms with Crippen molar-refractivity contribution >= 4 is 0 Å². The first kappa shape index (κ1) is 13.7. The van der Waals surface area contributed by atoms with Crippen LogP contribution in [0.2, 0.25) is 0 Å². The van der Waals surface area contributed by atoms with Crippen LogP contribution in [0.4, 0.5) is 13.2 Å². The number of rotatable bonds is 6. The molecule has 0 aromatic heterocycles. The fourth-order valence-corrected chi connectivity index (χ4v) is 1.07. The van der Waals surface area contributed by atoms with Crippen LogP contribution in [-0.4, -0.2) is 44.2 Å². The number of nitrogens with one attached hydrogen (secondary N) is 1. The number of alkyl halides is 3. The van der Waals surface area contributed by atoms with Gasteiger partial charge in [0, 0.05) is 13.2 Å². The molecule has 0 saturated carbocycles. The lowest BCUT2D eigenvalue weighted by Crippen LogP contribution is -2.44. The molecule has 0 heterocycles. The Hall–Kier alpha value is -0.330. The molecular weight excluding hydrogens is 199 g/mol. The lowest BCUT2D eigenvalue weighted by Gasteiger charge is -2.23. The Morgan fingerprint density at radius 2 is 2.00 bits per heavy atom. The van der Waals surface area contributed by atoms with Gasteiger partial charge in [0.05, 0.1) is 19.8 Å². The van der Waals surface area contributed by atoms with Gasteiger partial charge in [0.25, 0.3) is 0 Å². The van der Waals surface area contributed by atoms with Gasteiger partial charge in [-0.05, 0) is 5.92 Å². The van der Waals surface area contributed by atoms with Crippen molar-refractivity contribution in [2.75, 3.05) is 26.9 Å². The third-order valence-electron chi connectivity index (χ3n) is 1.88. The van der Waals surface area contributed by atoms with Crippen LogP contribution in [0.3, 0.4) is 0 Å². The number of aliphatic hydroxyl groups is 1. The molecule has 0 spiro atoms. The summed E-state index contributed by atoms with van der Waals surface area (Å²) in [5.74, 6) is -0.160. The number of methoxy groups -OCH3 is 1. The van der Waals surface area contributed by atoms with Gasteiger partial charge >= 0.3 is 6.18 Å². The summed E-state index contributed by atoms with van der Waals surface area (Å²) in [4.78, 5) is 0. The monoisotopic (exact) mass is 215 g/mol. The highest BCUT2D eigenvalue weighted by Gasteiger charge is 2.29. The maximum atomic E-state index is 11.8. The lowest BCUT2D eigenvalue weighted by atomic mass is 10.0. The summed E-state index contributed by atoms with van der Waals surface area (Å²) in [6.07, 6.45) is -4.25. The molecule has 0 amide bonds. The second-order valence-electron chi connectivity index (χ2n) is 3.22. The van der Waals surface area contributed by atoms with Crippen molar-refractivity contribution in [3.63, 3.8) is 0 Å². The van der Waals surface area contributed by atoms with Gasteiger partial charge in [-0.15, -0.1) is 0 Å². The summed E-state index contributed by atoms with van der Waals surface area (Å²) in [7, 11) is 1.47. The minimum atomic E-state index is -4.25. The smallest absolute Gasteiger partial charge is 0.395 e. The van der Waals surface area contributed by atoms with Crippen molar-refractivity contribution in [2.24, 2.45) is 5.92 Å². The topological polar surface area (TPSA) is 41.5 Å². The highest BCUT2D eigenvalue weighted by atomic mass is 19.4. The summed E-state index contributed by atoms with van der Waals surface area (Å²) >= 11 is 0. The summed E-state index contributed by atoms with van der Waals surface area (Å²) in [5, 5.41) is 11.1. The first-order valence-corrected chi connectivity index (χ1v) is 4.30. The van der Waals surface area contributed by atoms with Gasteiger partial charge in [-0.3, -0.25) is 0 Å². The van der Waals surface area contributed by atoms with Crippen molar-refractivity contribution in [3.8, 4) is 0 Å². The van der Waals surface area contributed by atoms with Crippen LogP contribution in [0.5, 0.6) is 0 Å². The zero-order valence-corrected chi connectivity index (χ0v) is 8.27. The molecular formula is C8H16F3NO2. The highest BCUT2D eigenvalue weighted by molar-refractivity contribution is 4.73. The molecule has 3 nitrogen and oxygen atoms in total. The van der Waals surface area contributed by atoms with E-state index in [1.165, 1.54) is 7.11 Å². The zero-order chi connectivity index (χ0) is 11.2. The molecule has 0 aliphatic rings. The van der Waals surface area contributed by atoms with Gasteiger partial charge in [0.1, 0.15) is 0 Å². The van der Waals surface area contributed by atoms with Crippen LogP contribution in [0.25, 0.3) is 0 Å². The highest BCUT2D eigenvalue weighted by Crippen LogP contribution is 2.13. The Morgan fingerprint density at radius 3 is 2.36 bits per heavy atom. The zero-order valence-electron chi connectivity index (χ0n) is 8.27. The minimum absolute atomic E-state index is 0.160. The number of aliphatic hydroxyl groups excluding tert-OH is 1. The van der Waals surface area contributed by atoms with Crippen LogP contribution in [0.15, 0.2) is 0 Å². The van der Waals surface area contributed by atoms with Crippen LogP contribution in [0, 0.1) is 5.92 Å². The van der Waals surface area contributed by atoms with E-state index in [2.05, 4.69) is 5.32 Å². The number of ether oxygens (including phenoxy) is 1. The van der Waals surface area contributed by atoms with Gasteiger partial charge in [0.2, 0.25) is 0 Å². The van der Waals surface area contributed by atoms with Crippen LogP contribution >= 0.6 is 0 Å². The van der Waals surface area contributed by atoms with Crippen LogP contribution in [0.1, 0.15) is 6.92 Å². The van der Waals surface area contributed by atoms with Gasteiger partial charge in [-0.2, -0.15) is 13.2 Å². The third kappa shape index (κ3) is 6.17. The number of hydrogen-bond acceptors (Lipinski definition) is 3. The Kier molecular flexibility index (Phi) is 6.06. The second kappa shape index (κ2) is 6.21. The molecule has 2 unspecified atom stereocenters. The van der Waals surface area contributed by atoms with Crippen molar-refractivity contribution in [3.05, 3.63) is 0 Å². The van der Waals surface area contributed by atoms with Crippen LogP contribution < -0.4 is 5.32 Å². The SMILES string of the molecule is COCC(C)C(CO)NCC(F)(F)F. The van der Waals surface area contributed by atoms with Crippen molar-refractivity contribution in [1.29, 1.82) is 0 Å². The molecule has 0 aliphatic carbocycles. The molecule has 2 atom stereocenters. The molecule has 0 fully saturated rings. The first-order valence-electron chi connectivity index (χ1n) is 4.30. The van der Waals surface area contributed by atoms with Gasteiger partial charge < -0.3 is 15.2 Å². The molecule has 0 radical (unpaired) electrons. The predicted octanol–water partition coefficient (Wildman–Crippen LogP) is 0.782. The molecule has 14 heavy (non-hydrogen) atoms. The van der Waals surface area contributed by atoms with E-state index in [1.54, 1.807) is 6.92 Å². The summed E-state index contributed by atoms with van der Waals surface area (Å²) in [6, 6.07) is -0.587. The first-order chi connectivity index (χ1) is 6.40. The Morgan fingerprint density at radius 1 is 1.43 bits per heavy atom. The van der Waals surface area contributed by atoms with E-state index < -0.39 is 18.8 Å². The molecule has 0 saturated heterocycles. The Balaban J connectivity index is 3.90. The quantitative estimate of drug-likeness (QED) is 0.688. The normalized spacial score (nSPS) is 16.7. The van der Waals surface area contributed by atoms with Crippen molar-refractivity contribution in [1.82, 2.24) is 5.32 Å². The summed E-state index contributed by atoms with van der Waals surface area (Å²) < 4.78 is 40.3. The standard InChI is InChI=1S/C8H16F3NO2/c1-6(4-14-2)7(3-13)12-5-8(9,10)11/h6-7,12-13H,3-5H2,1-2H3. The van der Waals surface area contributed by atoms with Gasteiger partial charge in [-0.1, -0.05) is 6.92 Å². The molecule has 0 rings (SSSR count). The van der Waals surface area contributed by atoms with Gasteiger partial charge in [-0.25, -0.2) is 0 Å². The molecule has 0 aromatic rings. The van der Waals surface area contributed by atoms with Gasteiger partial charge in [0.15, 0.2) is 0 Å². The average Bonchev–Trinajstić information content (AvgIpc) is 2.03. The fourth-order valence-electron chi connectivity index (χ4n) is 1.07. The van der Waals surface area contributed by atoms with Crippen LogP contribution in [-0.2, 0) is 4.74 Å².